The maximum Gasteiger partial charge on any atom is 0.340 e. The van der Waals surface area contributed by atoms with Crippen molar-refractivity contribution < 1.29 is 14.3 Å². The molecule has 1 fully saturated rings. The number of ether oxygens (including phenoxy) is 1. The minimum absolute atomic E-state index is 0.0907. The molecule has 2 aromatic carbocycles. The first-order valence-electron chi connectivity index (χ1n) is 9.64. The molecule has 0 radical (unpaired) electrons. The van der Waals surface area contributed by atoms with Crippen LogP contribution in [0.3, 0.4) is 0 Å². The second kappa shape index (κ2) is 8.78. The van der Waals surface area contributed by atoms with Gasteiger partial charge in [-0.3, -0.25) is 0 Å². The molecule has 0 atom stereocenters. The third-order valence-electron chi connectivity index (χ3n) is 4.94. The number of amides is 2. The molecule has 28 heavy (non-hydrogen) atoms. The van der Waals surface area contributed by atoms with Crippen molar-refractivity contribution in [3.05, 3.63) is 59.2 Å². The number of aryl methyl sites for hydroxylation is 2. The smallest absolute Gasteiger partial charge is 0.340 e. The summed E-state index contributed by atoms with van der Waals surface area (Å²) >= 11 is 0. The van der Waals surface area contributed by atoms with E-state index >= 15 is 0 Å². The van der Waals surface area contributed by atoms with Gasteiger partial charge in [0.05, 0.1) is 17.9 Å². The fourth-order valence-corrected chi connectivity index (χ4v) is 3.35. The molecule has 0 aliphatic carbocycles. The molecule has 0 spiro atoms. The summed E-state index contributed by atoms with van der Waals surface area (Å²) in [5.41, 5.74) is 4.43. The molecule has 2 amide bonds. The Balaban J connectivity index is 1.64. The number of rotatable bonds is 4. The van der Waals surface area contributed by atoms with Crippen molar-refractivity contribution in [3.63, 3.8) is 0 Å². The fourth-order valence-electron chi connectivity index (χ4n) is 3.35. The summed E-state index contributed by atoms with van der Waals surface area (Å²) in [5, 5.41) is 3.02. The zero-order valence-corrected chi connectivity index (χ0v) is 16.7. The van der Waals surface area contributed by atoms with E-state index in [2.05, 4.69) is 10.2 Å². The highest BCUT2D eigenvalue weighted by molar-refractivity contribution is 5.96. The Kier molecular flexibility index (Phi) is 6.19. The van der Waals surface area contributed by atoms with Crippen molar-refractivity contribution in [3.8, 4) is 0 Å². The number of esters is 1. The molecule has 0 aromatic heterocycles. The molecule has 3 rings (SSSR count). The first-order valence-corrected chi connectivity index (χ1v) is 9.64. The standard InChI is InChI=1S/C22H27N3O3/c1-4-28-21(26)18-7-5-6-8-20(18)24-11-13-25(14-12-24)22(27)23-19-15-16(2)9-10-17(19)3/h5-10,15H,4,11-14H2,1-3H3,(H,23,27). The predicted octanol–water partition coefficient (Wildman–Crippen LogP) is 3.83. The highest BCUT2D eigenvalue weighted by atomic mass is 16.5. The molecule has 6 nitrogen and oxygen atoms in total. The number of nitrogens with zero attached hydrogens (tertiary/aromatic N) is 2. The average Bonchev–Trinajstić information content (AvgIpc) is 2.71. The van der Waals surface area contributed by atoms with Gasteiger partial charge in [0.15, 0.2) is 0 Å². The van der Waals surface area contributed by atoms with Gasteiger partial charge >= 0.3 is 12.0 Å². The topological polar surface area (TPSA) is 61.9 Å². The Morgan fingerprint density at radius 2 is 1.75 bits per heavy atom. The molecular weight excluding hydrogens is 354 g/mol. The van der Waals surface area contributed by atoms with Crippen LogP contribution in [0.2, 0.25) is 0 Å². The average molecular weight is 381 g/mol. The Labute approximate surface area is 166 Å². The normalized spacial score (nSPS) is 14.0. The molecule has 2 aromatic rings. The van der Waals surface area contributed by atoms with Gasteiger partial charge in [0, 0.05) is 31.9 Å². The summed E-state index contributed by atoms with van der Waals surface area (Å²) in [6.45, 7) is 8.65. The second-order valence-corrected chi connectivity index (χ2v) is 6.96. The monoisotopic (exact) mass is 381 g/mol. The highest BCUT2D eigenvalue weighted by Crippen LogP contribution is 2.23. The van der Waals surface area contributed by atoms with Crippen LogP contribution in [0, 0.1) is 13.8 Å². The van der Waals surface area contributed by atoms with E-state index in [4.69, 9.17) is 4.74 Å². The summed E-state index contributed by atoms with van der Waals surface area (Å²) in [5.74, 6) is -0.312. The van der Waals surface area contributed by atoms with Gasteiger partial charge in [-0.05, 0) is 50.1 Å². The molecule has 1 aliphatic rings. The van der Waals surface area contributed by atoms with Crippen molar-refractivity contribution in [1.82, 2.24) is 4.90 Å². The van der Waals surface area contributed by atoms with Crippen LogP contribution in [0.1, 0.15) is 28.4 Å². The summed E-state index contributed by atoms with van der Waals surface area (Å²) in [6, 6.07) is 13.4. The van der Waals surface area contributed by atoms with Gasteiger partial charge in [0.2, 0.25) is 0 Å². The van der Waals surface area contributed by atoms with Crippen LogP contribution in [0.5, 0.6) is 0 Å². The maximum absolute atomic E-state index is 12.7. The van der Waals surface area contributed by atoms with E-state index in [1.165, 1.54) is 0 Å². The van der Waals surface area contributed by atoms with E-state index in [9.17, 15) is 9.59 Å². The Bertz CT molecular complexity index is 858. The van der Waals surface area contributed by atoms with Crippen LogP contribution in [0.15, 0.2) is 42.5 Å². The van der Waals surface area contributed by atoms with E-state index in [0.29, 0.717) is 38.3 Å². The summed E-state index contributed by atoms with van der Waals surface area (Å²) in [6.07, 6.45) is 0. The summed E-state index contributed by atoms with van der Waals surface area (Å²) in [4.78, 5) is 28.8. The molecule has 6 heteroatoms. The number of para-hydroxylation sites is 1. The van der Waals surface area contributed by atoms with Gasteiger partial charge in [-0.2, -0.15) is 0 Å². The number of hydrogen-bond donors (Lipinski definition) is 1. The van der Waals surface area contributed by atoms with Gasteiger partial charge in [0.25, 0.3) is 0 Å². The zero-order chi connectivity index (χ0) is 20.1. The minimum Gasteiger partial charge on any atom is -0.462 e. The van der Waals surface area contributed by atoms with E-state index in [0.717, 1.165) is 22.5 Å². The van der Waals surface area contributed by atoms with E-state index in [1.807, 2.05) is 55.1 Å². The quantitative estimate of drug-likeness (QED) is 0.818. The van der Waals surface area contributed by atoms with E-state index in [1.54, 1.807) is 13.0 Å². The largest absolute Gasteiger partial charge is 0.462 e. The third-order valence-corrected chi connectivity index (χ3v) is 4.94. The van der Waals surface area contributed by atoms with Crippen molar-refractivity contribution in [2.45, 2.75) is 20.8 Å². The first kappa shape index (κ1) is 19.7. The number of benzene rings is 2. The summed E-state index contributed by atoms with van der Waals surface area (Å²) in [7, 11) is 0. The van der Waals surface area contributed by atoms with Crippen LogP contribution in [-0.4, -0.2) is 49.7 Å². The zero-order valence-electron chi connectivity index (χ0n) is 16.7. The molecule has 0 unspecified atom stereocenters. The lowest BCUT2D eigenvalue weighted by Gasteiger charge is -2.36. The van der Waals surface area contributed by atoms with E-state index in [-0.39, 0.29) is 12.0 Å². The molecule has 0 saturated carbocycles. The third kappa shape index (κ3) is 4.44. The van der Waals surface area contributed by atoms with Gasteiger partial charge in [-0.15, -0.1) is 0 Å². The Morgan fingerprint density at radius 1 is 1.04 bits per heavy atom. The molecule has 1 saturated heterocycles. The van der Waals surface area contributed by atoms with Gasteiger partial charge in [-0.25, -0.2) is 9.59 Å². The second-order valence-electron chi connectivity index (χ2n) is 6.96. The number of urea groups is 1. The predicted molar refractivity (Wildman–Crippen MR) is 111 cm³/mol. The van der Waals surface area contributed by atoms with Crippen molar-refractivity contribution in [2.24, 2.45) is 0 Å². The lowest BCUT2D eigenvalue weighted by atomic mass is 10.1. The minimum atomic E-state index is -0.312. The number of carbonyl (C=O) groups excluding carboxylic acids is 2. The number of nitrogens with one attached hydrogen (secondary N) is 1. The summed E-state index contributed by atoms with van der Waals surface area (Å²) < 4.78 is 5.17. The van der Waals surface area contributed by atoms with Crippen LogP contribution in [-0.2, 0) is 4.74 Å². The number of carbonyl (C=O) groups is 2. The van der Waals surface area contributed by atoms with Crippen LogP contribution in [0.4, 0.5) is 16.2 Å². The van der Waals surface area contributed by atoms with Crippen LogP contribution >= 0.6 is 0 Å². The number of piperazine rings is 1. The van der Waals surface area contributed by atoms with Gasteiger partial charge in [0.1, 0.15) is 0 Å². The van der Waals surface area contributed by atoms with E-state index < -0.39 is 0 Å². The van der Waals surface area contributed by atoms with Crippen LogP contribution in [0.25, 0.3) is 0 Å². The van der Waals surface area contributed by atoms with Gasteiger partial charge in [-0.1, -0.05) is 24.3 Å². The molecule has 1 N–H and O–H groups in total. The Morgan fingerprint density at radius 3 is 2.46 bits per heavy atom. The van der Waals surface area contributed by atoms with Crippen molar-refractivity contribution >= 4 is 23.4 Å². The lowest BCUT2D eigenvalue weighted by Crippen LogP contribution is -2.50. The first-order chi connectivity index (χ1) is 13.5. The molecule has 0 bridgehead atoms. The Hall–Kier alpha value is -3.02. The molecule has 1 aliphatic heterocycles. The van der Waals surface area contributed by atoms with Gasteiger partial charge < -0.3 is 19.9 Å². The fraction of sp³-hybridized carbons (Fsp3) is 0.364. The van der Waals surface area contributed by atoms with Crippen LogP contribution < -0.4 is 10.2 Å². The number of hydrogen-bond acceptors (Lipinski definition) is 4. The molecular formula is C22H27N3O3. The van der Waals surface area contributed by atoms with Crippen molar-refractivity contribution in [1.29, 1.82) is 0 Å². The van der Waals surface area contributed by atoms with Crippen molar-refractivity contribution in [2.75, 3.05) is 43.0 Å². The molecule has 1 heterocycles. The maximum atomic E-state index is 12.7. The highest BCUT2D eigenvalue weighted by Gasteiger charge is 2.24. The SMILES string of the molecule is CCOC(=O)c1ccccc1N1CCN(C(=O)Nc2cc(C)ccc2C)CC1. The molecule has 148 valence electrons. The number of anilines is 2. The lowest BCUT2D eigenvalue weighted by molar-refractivity contribution is 0.0527.